The highest BCUT2D eigenvalue weighted by molar-refractivity contribution is 5.94. The third-order valence-electron chi connectivity index (χ3n) is 4.47. The molecule has 0 radical (unpaired) electrons. The van der Waals surface area contributed by atoms with E-state index in [1.807, 2.05) is 18.2 Å². The number of carbonyl (C=O) groups excluding carboxylic acids is 2. The van der Waals surface area contributed by atoms with E-state index >= 15 is 0 Å². The molecule has 1 aliphatic carbocycles. The Kier molecular flexibility index (Phi) is 4.65. The summed E-state index contributed by atoms with van der Waals surface area (Å²) in [5.41, 5.74) is 1.94. The molecule has 0 aliphatic heterocycles. The molecule has 1 aliphatic rings. The van der Waals surface area contributed by atoms with Gasteiger partial charge in [0.15, 0.2) is 12.4 Å². The van der Waals surface area contributed by atoms with Gasteiger partial charge in [0.25, 0.3) is 5.91 Å². The van der Waals surface area contributed by atoms with E-state index in [0.29, 0.717) is 17.9 Å². The third kappa shape index (κ3) is 3.82. The lowest BCUT2D eigenvalue weighted by Crippen LogP contribution is -2.35. The maximum absolute atomic E-state index is 12.0. The molecule has 2 aromatic carbocycles. The molecule has 0 bridgehead atoms. The van der Waals surface area contributed by atoms with Gasteiger partial charge in [0.2, 0.25) is 0 Å². The summed E-state index contributed by atoms with van der Waals surface area (Å²) >= 11 is 0. The molecule has 4 nitrogen and oxygen atoms in total. The van der Waals surface area contributed by atoms with Gasteiger partial charge in [-0.05, 0) is 37.5 Å². The predicted molar refractivity (Wildman–Crippen MR) is 92.3 cm³/mol. The first-order valence-electron chi connectivity index (χ1n) is 8.15. The number of hydrogen-bond donors (Lipinski definition) is 1. The molecule has 0 atom stereocenters. The number of ketones is 1. The van der Waals surface area contributed by atoms with Crippen LogP contribution in [-0.4, -0.2) is 24.8 Å². The molecule has 2 aromatic rings. The molecule has 0 spiro atoms. The summed E-state index contributed by atoms with van der Waals surface area (Å²) in [6.07, 6.45) is 2.19. The normalized spacial score (nSPS) is 14.7. The van der Waals surface area contributed by atoms with Gasteiger partial charge in [-0.25, -0.2) is 0 Å². The van der Waals surface area contributed by atoms with E-state index in [1.54, 1.807) is 24.3 Å². The van der Waals surface area contributed by atoms with Crippen LogP contribution in [-0.2, 0) is 10.2 Å². The zero-order chi connectivity index (χ0) is 17.0. The van der Waals surface area contributed by atoms with E-state index in [9.17, 15) is 9.59 Å². The molecule has 0 aromatic heterocycles. The van der Waals surface area contributed by atoms with Crippen molar-refractivity contribution < 1.29 is 14.3 Å². The Hall–Kier alpha value is -2.62. The SMILES string of the molecule is CC(=O)c1cccc(OCC(=O)NCC2(c3ccccc3)CC2)c1. The Bertz CT molecular complexity index is 736. The lowest BCUT2D eigenvalue weighted by Gasteiger charge is -2.16. The lowest BCUT2D eigenvalue weighted by atomic mass is 9.96. The van der Waals surface area contributed by atoms with E-state index in [-0.39, 0.29) is 23.7 Å². The fourth-order valence-electron chi connectivity index (χ4n) is 2.78. The molecular formula is C20H21NO3. The maximum atomic E-state index is 12.0. The number of carbonyl (C=O) groups is 2. The summed E-state index contributed by atoms with van der Waals surface area (Å²) in [6.45, 7) is 2.09. The molecule has 124 valence electrons. The van der Waals surface area contributed by atoms with Gasteiger partial charge in [0.1, 0.15) is 5.75 Å². The van der Waals surface area contributed by atoms with Gasteiger partial charge in [-0.15, -0.1) is 0 Å². The van der Waals surface area contributed by atoms with Gasteiger partial charge < -0.3 is 10.1 Å². The summed E-state index contributed by atoms with van der Waals surface area (Å²) in [6, 6.07) is 17.2. The molecule has 0 unspecified atom stereocenters. The standard InChI is InChI=1S/C20H21NO3/c1-15(22)16-6-5-9-18(12-16)24-13-19(23)21-14-20(10-11-20)17-7-3-2-4-8-17/h2-9,12H,10-11,13-14H2,1H3,(H,21,23). The number of benzene rings is 2. The fraction of sp³-hybridized carbons (Fsp3) is 0.300. The molecule has 1 amide bonds. The highest BCUT2D eigenvalue weighted by atomic mass is 16.5. The maximum Gasteiger partial charge on any atom is 0.257 e. The monoisotopic (exact) mass is 323 g/mol. The van der Waals surface area contributed by atoms with Crippen molar-refractivity contribution in [3.8, 4) is 5.75 Å². The first-order chi connectivity index (χ1) is 11.6. The van der Waals surface area contributed by atoms with Gasteiger partial charge in [0, 0.05) is 17.5 Å². The average Bonchev–Trinajstić information content (AvgIpc) is 3.40. The van der Waals surface area contributed by atoms with Crippen LogP contribution in [0.2, 0.25) is 0 Å². The van der Waals surface area contributed by atoms with E-state index in [1.165, 1.54) is 12.5 Å². The number of Topliss-reactive ketones (excluding diaryl/α,β-unsaturated/α-hetero) is 1. The Morgan fingerprint density at radius 1 is 1.08 bits per heavy atom. The van der Waals surface area contributed by atoms with Crippen molar-refractivity contribution in [2.75, 3.05) is 13.2 Å². The molecule has 0 saturated heterocycles. The molecule has 4 heteroatoms. The fourth-order valence-corrected chi connectivity index (χ4v) is 2.78. The number of ether oxygens (including phenoxy) is 1. The topological polar surface area (TPSA) is 55.4 Å². The first-order valence-corrected chi connectivity index (χ1v) is 8.15. The second-order valence-corrected chi connectivity index (χ2v) is 6.30. The van der Waals surface area contributed by atoms with Crippen LogP contribution < -0.4 is 10.1 Å². The van der Waals surface area contributed by atoms with Crippen LogP contribution in [0.3, 0.4) is 0 Å². The van der Waals surface area contributed by atoms with E-state index in [2.05, 4.69) is 17.4 Å². The summed E-state index contributed by atoms with van der Waals surface area (Å²) < 4.78 is 5.49. The van der Waals surface area contributed by atoms with Crippen LogP contribution in [0.4, 0.5) is 0 Å². The average molecular weight is 323 g/mol. The Morgan fingerprint density at radius 2 is 1.83 bits per heavy atom. The molecule has 1 saturated carbocycles. The van der Waals surface area contributed by atoms with Crippen LogP contribution in [0.15, 0.2) is 54.6 Å². The Balaban J connectivity index is 1.50. The Labute approximate surface area is 141 Å². The van der Waals surface area contributed by atoms with E-state index < -0.39 is 0 Å². The second kappa shape index (κ2) is 6.87. The minimum absolute atomic E-state index is 0.0246. The van der Waals surface area contributed by atoms with Crippen molar-refractivity contribution in [2.24, 2.45) is 0 Å². The molecule has 24 heavy (non-hydrogen) atoms. The van der Waals surface area contributed by atoms with Crippen LogP contribution in [0.5, 0.6) is 5.75 Å². The van der Waals surface area contributed by atoms with Crippen molar-refractivity contribution >= 4 is 11.7 Å². The van der Waals surface area contributed by atoms with Gasteiger partial charge in [-0.3, -0.25) is 9.59 Å². The highest BCUT2D eigenvalue weighted by Crippen LogP contribution is 2.47. The minimum atomic E-state index is -0.148. The van der Waals surface area contributed by atoms with Crippen molar-refractivity contribution in [3.05, 3.63) is 65.7 Å². The van der Waals surface area contributed by atoms with E-state index in [4.69, 9.17) is 4.74 Å². The largest absolute Gasteiger partial charge is 0.484 e. The van der Waals surface area contributed by atoms with Crippen LogP contribution in [0.1, 0.15) is 35.7 Å². The van der Waals surface area contributed by atoms with Gasteiger partial charge >= 0.3 is 0 Å². The number of hydrogen-bond acceptors (Lipinski definition) is 3. The summed E-state index contributed by atoms with van der Waals surface area (Å²) in [5, 5.41) is 2.96. The van der Waals surface area contributed by atoms with Crippen molar-refractivity contribution in [2.45, 2.75) is 25.2 Å². The quantitative estimate of drug-likeness (QED) is 0.797. The molecular weight excluding hydrogens is 302 g/mol. The van der Waals surface area contributed by atoms with Gasteiger partial charge in [-0.2, -0.15) is 0 Å². The minimum Gasteiger partial charge on any atom is -0.484 e. The third-order valence-corrected chi connectivity index (χ3v) is 4.47. The lowest BCUT2D eigenvalue weighted by molar-refractivity contribution is -0.123. The summed E-state index contributed by atoms with van der Waals surface area (Å²) in [5.74, 6) is 0.357. The number of nitrogens with one attached hydrogen (secondary N) is 1. The van der Waals surface area contributed by atoms with E-state index in [0.717, 1.165) is 12.8 Å². The number of amides is 1. The Morgan fingerprint density at radius 3 is 2.50 bits per heavy atom. The first kappa shape index (κ1) is 16.2. The predicted octanol–water partition coefficient (Wildman–Crippen LogP) is 3.12. The second-order valence-electron chi connectivity index (χ2n) is 6.30. The highest BCUT2D eigenvalue weighted by Gasteiger charge is 2.44. The van der Waals surface area contributed by atoms with Gasteiger partial charge in [-0.1, -0.05) is 42.5 Å². The summed E-state index contributed by atoms with van der Waals surface area (Å²) in [7, 11) is 0. The molecule has 1 fully saturated rings. The van der Waals surface area contributed by atoms with Crippen LogP contribution >= 0.6 is 0 Å². The molecule has 1 N–H and O–H groups in total. The molecule has 3 rings (SSSR count). The van der Waals surface area contributed by atoms with Crippen molar-refractivity contribution in [3.63, 3.8) is 0 Å². The zero-order valence-corrected chi connectivity index (χ0v) is 13.7. The molecule has 0 heterocycles. The van der Waals surface area contributed by atoms with Crippen LogP contribution in [0, 0.1) is 0 Å². The zero-order valence-electron chi connectivity index (χ0n) is 13.7. The van der Waals surface area contributed by atoms with Crippen molar-refractivity contribution in [1.29, 1.82) is 0 Å². The van der Waals surface area contributed by atoms with Crippen LogP contribution in [0.25, 0.3) is 0 Å². The summed E-state index contributed by atoms with van der Waals surface area (Å²) in [4.78, 5) is 23.4. The smallest absolute Gasteiger partial charge is 0.257 e. The van der Waals surface area contributed by atoms with Crippen molar-refractivity contribution in [1.82, 2.24) is 5.32 Å². The number of rotatable bonds is 7. The van der Waals surface area contributed by atoms with Gasteiger partial charge in [0.05, 0.1) is 0 Å².